The maximum Gasteiger partial charge on any atom is 0.509 e. The molecule has 0 bridgehead atoms. The maximum absolute atomic E-state index is 13.2. The highest BCUT2D eigenvalue weighted by Gasteiger charge is 2.72. The van der Waals surface area contributed by atoms with Gasteiger partial charge in [-0.2, -0.15) is 0 Å². The second kappa shape index (κ2) is 14.4. The lowest BCUT2D eigenvalue weighted by Crippen LogP contribution is -2.62. The van der Waals surface area contributed by atoms with Crippen LogP contribution in [0.1, 0.15) is 98.8 Å². The number of carboxylic acids is 1. The predicted octanol–water partition coefficient (Wildman–Crippen LogP) is 6.00. The van der Waals surface area contributed by atoms with Gasteiger partial charge in [0.05, 0.1) is 18.8 Å². The zero-order valence-corrected chi connectivity index (χ0v) is 34.3. The zero-order chi connectivity index (χ0) is 41.5. The van der Waals surface area contributed by atoms with E-state index in [1.807, 2.05) is 26.0 Å². The van der Waals surface area contributed by atoms with Crippen molar-refractivity contribution in [2.24, 2.45) is 57.2 Å². The molecule has 0 unspecified atom stereocenters. The SMILES string of the molecule is CCOC(=O)O[C@]1(C(=O)OCCl)CC[C@H]2[C@@H]3CCC4=CC(=O)C=C[C@]4(C)[C@H]3[C@@H](O)C[C@@]21C.C[C@]12C=CC(=O)C=C1CC[C@@H]1[C@@H]2[C@@H](O)C[C@@]2(C)[C@H]1CC[C@]2(O)C(=O)O. The van der Waals surface area contributed by atoms with E-state index in [1.165, 1.54) is 0 Å². The van der Waals surface area contributed by atoms with Gasteiger partial charge in [0.1, 0.15) is 0 Å². The van der Waals surface area contributed by atoms with Crippen molar-refractivity contribution in [3.8, 4) is 0 Å². The highest BCUT2D eigenvalue weighted by atomic mass is 35.5. The molecule has 6 saturated carbocycles. The molecule has 0 aromatic rings. The fourth-order valence-corrected chi connectivity index (χ4v) is 14.1. The minimum atomic E-state index is -1.76. The highest BCUT2D eigenvalue weighted by molar-refractivity contribution is 6.17. The van der Waals surface area contributed by atoms with Crippen molar-refractivity contribution in [3.63, 3.8) is 0 Å². The first-order chi connectivity index (χ1) is 26.8. The van der Waals surface area contributed by atoms with Crippen LogP contribution in [0.3, 0.4) is 0 Å². The van der Waals surface area contributed by atoms with E-state index in [-0.39, 0.29) is 90.8 Å². The minimum absolute atomic E-state index is 0.00202. The van der Waals surface area contributed by atoms with E-state index in [0.717, 1.165) is 36.8 Å². The molecule has 0 spiro atoms. The number of carbonyl (C=O) groups excluding carboxylic acids is 4. The Morgan fingerprint density at radius 1 is 0.772 bits per heavy atom. The van der Waals surface area contributed by atoms with Crippen LogP contribution < -0.4 is 0 Å². The molecular formula is C44H57ClO12. The summed E-state index contributed by atoms with van der Waals surface area (Å²) in [7, 11) is 0. The van der Waals surface area contributed by atoms with E-state index in [9.17, 15) is 44.4 Å². The number of hydrogen-bond acceptors (Lipinski definition) is 11. The van der Waals surface area contributed by atoms with E-state index in [2.05, 4.69) is 13.8 Å². The quantitative estimate of drug-likeness (QED) is 0.187. The maximum atomic E-state index is 13.2. The van der Waals surface area contributed by atoms with Gasteiger partial charge in [-0.25, -0.2) is 14.4 Å². The van der Waals surface area contributed by atoms with E-state index in [4.69, 9.17) is 25.8 Å². The van der Waals surface area contributed by atoms with Gasteiger partial charge in [-0.3, -0.25) is 9.59 Å². The van der Waals surface area contributed by atoms with Crippen molar-refractivity contribution in [1.29, 1.82) is 0 Å². The first kappa shape index (κ1) is 41.8. The van der Waals surface area contributed by atoms with Crippen LogP contribution in [0.4, 0.5) is 4.79 Å². The Labute approximate surface area is 338 Å². The number of aliphatic hydroxyl groups is 3. The Balaban J connectivity index is 0.000000179. The first-order valence-corrected chi connectivity index (χ1v) is 21.1. The summed E-state index contributed by atoms with van der Waals surface area (Å²) in [5.74, 6) is -1.65. The molecular weight excluding hydrogens is 756 g/mol. The molecule has 8 rings (SSSR count). The summed E-state index contributed by atoms with van der Waals surface area (Å²) in [4.78, 5) is 61.1. The molecule has 8 aliphatic rings. The number of alkyl halides is 1. The monoisotopic (exact) mass is 812 g/mol. The van der Waals surface area contributed by atoms with E-state index in [0.29, 0.717) is 12.8 Å². The summed E-state index contributed by atoms with van der Waals surface area (Å²) >= 11 is 5.70. The first-order valence-electron chi connectivity index (χ1n) is 20.6. The standard InChI is InChI=1S/C24H31ClO7.C20H26O5/c1-4-30-21(29)32-24(20(28)31-13-25)10-8-17-16-6-5-14-11-15(26)7-9-22(14,2)19(16)18(27)12-23(17,24)3;1-18-7-5-12(21)9-11(18)3-4-13-14-6-8-20(25,17(23)24)19(14,2)10-15(22)16(13)18/h7,9,11,16-19,27H,4-6,8,10,12-13H2,1-3H3;5,7,9,13-16,22,25H,3-4,6,8,10H2,1-2H3,(H,23,24)/t16-,17-,18-,19+,22-,23-,24-;13-,14-,15-,16+,18-,19-,20-/m00/s1. The number of halogens is 1. The Kier molecular flexibility index (Phi) is 10.6. The summed E-state index contributed by atoms with van der Waals surface area (Å²) in [5, 5.41) is 43.0. The van der Waals surface area contributed by atoms with Crippen molar-refractivity contribution in [2.75, 3.05) is 12.7 Å². The van der Waals surface area contributed by atoms with E-state index >= 15 is 0 Å². The molecule has 0 amide bonds. The van der Waals surface area contributed by atoms with Crippen molar-refractivity contribution in [3.05, 3.63) is 47.6 Å². The molecule has 0 aromatic carbocycles. The van der Waals surface area contributed by atoms with Crippen LogP contribution in [0, 0.1) is 57.2 Å². The lowest BCUT2D eigenvalue weighted by molar-refractivity contribution is -0.199. The smallest absolute Gasteiger partial charge is 0.479 e. The largest absolute Gasteiger partial charge is 0.509 e. The Hall–Kier alpha value is -3.32. The molecule has 312 valence electrons. The van der Waals surface area contributed by atoms with Crippen LogP contribution in [-0.2, 0) is 33.4 Å². The van der Waals surface area contributed by atoms with Gasteiger partial charge in [0, 0.05) is 33.5 Å². The fourth-order valence-electron chi connectivity index (χ4n) is 14.0. The van der Waals surface area contributed by atoms with Gasteiger partial charge in [0.15, 0.2) is 23.2 Å². The molecule has 57 heavy (non-hydrogen) atoms. The number of ether oxygens (including phenoxy) is 3. The second-order valence-corrected chi connectivity index (χ2v) is 19.0. The second-order valence-electron chi connectivity index (χ2n) is 18.8. The lowest BCUT2D eigenvalue weighted by atomic mass is 9.46. The summed E-state index contributed by atoms with van der Waals surface area (Å²) in [6.07, 6.45) is 13.7. The molecule has 0 radical (unpaired) electrons. The third kappa shape index (κ3) is 6.04. The van der Waals surface area contributed by atoms with Gasteiger partial charge < -0.3 is 34.6 Å². The van der Waals surface area contributed by atoms with E-state index < -0.39 is 57.7 Å². The molecule has 0 aromatic heterocycles. The number of allylic oxidation sites excluding steroid dienone is 8. The number of rotatable bonds is 5. The number of carbonyl (C=O) groups is 5. The normalized spacial score (nSPS) is 46.3. The van der Waals surface area contributed by atoms with Crippen LogP contribution in [0.2, 0.25) is 0 Å². The van der Waals surface area contributed by atoms with Crippen LogP contribution in [0.5, 0.6) is 0 Å². The van der Waals surface area contributed by atoms with Gasteiger partial charge >= 0.3 is 18.1 Å². The number of aliphatic hydroxyl groups excluding tert-OH is 2. The summed E-state index contributed by atoms with van der Waals surface area (Å²) < 4.78 is 15.9. The number of esters is 1. The average molecular weight is 813 g/mol. The molecule has 13 heteroatoms. The Morgan fingerprint density at radius 3 is 1.75 bits per heavy atom. The van der Waals surface area contributed by atoms with Gasteiger partial charge in [-0.15, -0.1) is 0 Å². The highest BCUT2D eigenvalue weighted by Crippen LogP contribution is 2.69. The van der Waals surface area contributed by atoms with Crippen molar-refractivity contribution in [1.82, 2.24) is 0 Å². The van der Waals surface area contributed by atoms with Crippen LogP contribution >= 0.6 is 11.6 Å². The molecule has 6 fully saturated rings. The number of hydrogen-bond donors (Lipinski definition) is 4. The van der Waals surface area contributed by atoms with Gasteiger partial charge in [0.2, 0.25) is 5.60 Å². The molecule has 0 saturated heterocycles. The predicted molar refractivity (Wildman–Crippen MR) is 206 cm³/mol. The van der Waals surface area contributed by atoms with Gasteiger partial charge in [-0.05, 0) is 119 Å². The number of ketones is 2. The summed E-state index contributed by atoms with van der Waals surface area (Å²) in [6, 6.07) is -0.354. The van der Waals surface area contributed by atoms with Crippen molar-refractivity contribution >= 4 is 41.3 Å². The molecule has 0 aliphatic heterocycles. The number of carboxylic acid groups (broad SMARTS) is 1. The van der Waals surface area contributed by atoms with Crippen molar-refractivity contribution < 1.29 is 58.6 Å². The lowest BCUT2D eigenvalue weighted by Gasteiger charge is -2.59. The zero-order valence-electron chi connectivity index (χ0n) is 33.5. The third-order valence-corrected chi connectivity index (χ3v) is 16.8. The van der Waals surface area contributed by atoms with E-state index in [1.54, 1.807) is 31.2 Å². The third-order valence-electron chi connectivity index (χ3n) is 16.7. The van der Waals surface area contributed by atoms with Gasteiger partial charge in [0.25, 0.3) is 0 Å². The van der Waals surface area contributed by atoms with Crippen LogP contribution in [0.25, 0.3) is 0 Å². The summed E-state index contributed by atoms with van der Waals surface area (Å²) in [5.41, 5.74) is -3.62. The fraction of sp³-hybridized carbons (Fsp3) is 0.705. The molecule has 14 atom stereocenters. The van der Waals surface area contributed by atoms with Crippen molar-refractivity contribution in [2.45, 2.75) is 122 Å². The number of fused-ring (bicyclic) bond motifs is 10. The minimum Gasteiger partial charge on any atom is -0.479 e. The average Bonchev–Trinajstić information content (AvgIpc) is 3.59. The molecule has 0 heterocycles. The molecule has 8 aliphatic carbocycles. The summed E-state index contributed by atoms with van der Waals surface area (Å²) in [6.45, 7) is 9.70. The van der Waals surface area contributed by atoms with Gasteiger partial charge in [-0.1, -0.05) is 62.6 Å². The molecule has 4 N–H and O–H groups in total. The molecule has 12 nitrogen and oxygen atoms in total. The van der Waals surface area contributed by atoms with Crippen LogP contribution in [0.15, 0.2) is 47.6 Å². The Morgan fingerprint density at radius 2 is 1.26 bits per heavy atom. The van der Waals surface area contributed by atoms with Crippen LogP contribution in [-0.4, -0.2) is 86.2 Å². The number of aliphatic carboxylic acids is 1. The Bertz CT molecular complexity index is 1850. The topological polar surface area (TPSA) is 194 Å².